The number of amides is 1. The second kappa shape index (κ2) is 5.76. The zero-order chi connectivity index (χ0) is 16.7. The molecule has 1 N–H and O–H groups in total. The fourth-order valence-electron chi connectivity index (χ4n) is 3.48. The minimum absolute atomic E-state index is 0.0181. The van der Waals surface area contributed by atoms with Gasteiger partial charge in [-0.2, -0.15) is 4.31 Å². The molecule has 1 aromatic carbocycles. The van der Waals surface area contributed by atoms with Crippen LogP contribution in [0.15, 0.2) is 23.1 Å². The Hall–Kier alpha value is -1.67. The number of carbonyl (C=O) groups excluding carboxylic acids is 1. The summed E-state index contributed by atoms with van der Waals surface area (Å²) in [6.45, 7) is 0.828. The molecule has 2 saturated heterocycles. The fraction of sp³-hybridized carbons (Fsp3) is 0.533. The van der Waals surface area contributed by atoms with E-state index in [1.165, 1.54) is 23.5 Å². The lowest BCUT2D eigenvalue weighted by Crippen LogP contribution is -2.60. The summed E-state index contributed by atoms with van der Waals surface area (Å²) < 4.78 is 45.8. The number of carbonyl (C=O) groups is 1. The summed E-state index contributed by atoms with van der Waals surface area (Å²) in [6.07, 6.45) is 2.34. The highest BCUT2D eigenvalue weighted by atomic mass is 32.2. The first-order valence-corrected chi connectivity index (χ1v) is 9.00. The predicted molar refractivity (Wildman–Crippen MR) is 81.1 cm³/mol. The van der Waals surface area contributed by atoms with Gasteiger partial charge in [0, 0.05) is 13.1 Å². The Morgan fingerprint density at radius 3 is 2.70 bits per heavy atom. The molecule has 1 aromatic rings. The van der Waals surface area contributed by atoms with E-state index in [9.17, 15) is 17.6 Å². The molecule has 0 aliphatic carbocycles. The summed E-state index contributed by atoms with van der Waals surface area (Å²) in [4.78, 5) is 12.2. The largest absolute Gasteiger partial charge is 0.494 e. The Balaban J connectivity index is 2.01. The standard InChI is InChI=1S/C15H19FN2O4S/c1-22-13-5-4-11(10-12(13)16)23(20,21)18-9-3-7-15(18)6-2-8-17-14(15)19/h4-5,10H,2-3,6-9H2,1H3,(H,17,19). The Bertz CT molecular complexity index is 737. The highest BCUT2D eigenvalue weighted by Crippen LogP contribution is 2.40. The number of methoxy groups -OCH3 is 1. The number of piperidine rings is 1. The number of halogens is 1. The molecule has 8 heteroatoms. The topological polar surface area (TPSA) is 75.7 Å². The van der Waals surface area contributed by atoms with Gasteiger partial charge >= 0.3 is 0 Å². The molecule has 0 saturated carbocycles. The van der Waals surface area contributed by atoms with Crippen LogP contribution in [0.4, 0.5) is 4.39 Å². The summed E-state index contributed by atoms with van der Waals surface area (Å²) in [5, 5.41) is 2.76. The number of hydrogen-bond acceptors (Lipinski definition) is 4. The third-order valence-corrected chi connectivity index (χ3v) is 6.58. The molecule has 0 radical (unpaired) electrons. The van der Waals surface area contributed by atoms with Crippen molar-refractivity contribution in [2.75, 3.05) is 20.2 Å². The summed E-state index contributed by atoms with van der Waals surface area (Å²) >= 11 is 0. The molecule has 3 rings (SSSR count). The lowest BCUT2D eigenvalue weighted by molar-refractivity contribution is -0.131. The van der Waals surface area contributed by atoms with E-state index in [0.717, 1.165) is 12.5 Å². The number of nitrogens with one attached hydrogen (secondary N) is 1. The molecule has 0 bridgehead atoms. The van der Waals surface area contributed by atoms with Crippen LogP contribution in [0.2, 0.25) is 0 Å². The predicted octanol–water partition coefficient (Wildman–Crippen LogP) is 1.27. The Morgan fingerprint density at radius 1 is 1.30 bits per heavy atom. The van der Waals surface area contributed by atoms with Crippen molar-refractivity contribution in [3.05, 3.63) is 24.0 Å². The van der Waals surface area contributed by atoms with Crippen molar-refractivity contribution in [3.8, 4) is 5.75 Å². The van der Waals surface area contributed by atoms with Gasteiger partial charge in [-0.25, -0.2) is 12.8 Å². The second-order valence-electron chi connectivity index (χ2n) is 5.87. The fourth-order valence-corrected chi connectivity index (χ4v) is 5.32. The van der Waals surface area contributed by atoms with Crippen molar-refractivity contribution in [1.82, 2.24) is 9.62 Å². The first-order valence-electron chi connectivity index (χ1n) is 7.56. The van der Waals surface area contributed by atoms with E-state index in [2.05, 4.69) is 5.32 Å². The number of hydrogen-bond donors (Lipinski definition) is 1. The van der Waals surface area contributed by atoms with Crippen molar-refractivity contribution in [2.24, 2.45) is 0 Å². The number of ether oxygens (including phenoxy) is 1. The van der Waals surface area contributed by atoms with E-state index >= 15 is 0 Å². The van der Waals surface area contributed by atoms with Gasteiger partial charge in [-0.05, 0) is 43.9 Å². The molecule has 2 fully saturated rings. The molecule has 2 aliphatic rings. The van der Waals surface area contributed by atoms with Gasteiger partial charge in [-0.3, -0.25) is 4.79 Å². The van der Waals surface area contributed by atoms with Crippen molar-refractivity contribution in [1.29, 1.82) is 0 Å². The van der Waals surface area contributed by atoms with Gasteiger partial charge in [0.1, 0.15) is 5.54 Å². The van der Waals surface area contributed by atoms with Gasteiger partial charge in [0.2, 0.25) is 15.9 Å². The maximum Gasteiger partial charge on any atom is 0.244 e. The van der Waals surface area contributed by atoms with Crippen LogP contribution in [-0.2, 0) is 14.8 Å². The minimum Gasteiger partial charge on any atom is -0.494 e. The molecule has 2 aliphatic heterocycles. The van der Waals surface area contributed by atoms with Crippen LogP contribution in [0.25, 0.3) is 0 Å². The van der Waals surface area contributed by atoms with Gasteiger partial charge in [0.25, 0.3) is 0 Å². The average Bonchev–Trinajstić information content (AvgIpc) is 2.95. The van der Waals surface area contributed by atoms with Gasteiger partial charge in [-0.1, -0.05) is 0 Å². The normalized spacial score (nSPS) is 25.6. The zero-order valence-electron chi connectivity index (χ0n) is 12.8. The molecular weight excluding hydrogens is 323 g/mol. The molecular formula is C15H19FN2O4S. The highest BCUT2D eigenvalue weighted by molar-refractivity contribution is 7.89. The molecule has 23 heavy (non-hydrogen) atoms. The van der Waals surface area contributed by atoms with E-state index in [1.54, 1.807) is 0 Å². The van der Waals surface area contributed by atoms with Crippen LogP contribution in [0, 0.1) is 5.82 Å². The Kier molecular flexibility index (Phi) is 4.05. The van der Waals surface area contributed by atoms with E-state index in [0.29, 0.717) is 25.8 Å². The lowest BCUT2D eigenvalue weighted by atomic mass is 9.88. The van der Waals surface area contributed by atoms with Gasteiger partial charge in [0.15, 0.2) is 11.6 Å². The lowest BCUT2D eigenvalue weighted by Gasteiger charge is -2.39. The highest BCUT2D eigenvalue weighted by Gasteiger charge is 2.53. The molecule has 1 atom stereocenters. The average molecular weight is 342 g/mol. The van der Waals surface area contributed by atoms with Gasteiger partial charge in [0.05, 0.1) is 12.0 Å². The summed E-state index contributed by atoms with van der Waals surface area (Å²) in [6, 6.07) is 3.54. The maximum absolute atomic E-state index is 13.9. The maximum atomic E-state index is 13.9. The molecule has 0 aromatic heterocycles. The molecule has 126 valence electrons. The number of rotatable bonds is 3. The minimum atomic E-state index is -3.95. The summed E-state index contributed by atoms with van der Waals surface area (Å²) in [5.74, 6) is -1.01. The zero-order valence-corrected chi connectivity index (χ0v) is 13.7. The van der Waals surface area contributed by atoms with Crippen LogP contribution >= 0.6 is 0 Å². The van der Waals surface area contributed by atoms with Crippen molar-refractivity contribution in [3.63, 3.8) is 0 Å². The van der Waals surface area contributed by atoms with Crippen molar-refractivity contribution in [2.45, 2.75) is 36.1 Å². The van der Waals surface area contributed by atoms with Crippen molar-refractivity contribution >= 4 is 15.9 Å². The second-order valence-corrected chi connectivity index (χ2v) is 7.73. The van der Waals surface area contributed by atoms with Crippen LogP contribution in [0.1, 0.15) is 25.7 Å². The number of benzene rings is 1. The third-order valence-electron chi connectivity index (χ3n) is 4.62. The molecule has 1 amide bonds. The Morgan fingerprint density at radius 2 is 2.04 bits per heavy atom. The van der Waals surface area contributed by atoms with Crippen molar-refractivity contribution < 1.29 is 22.3 Å². The van der Waals surface area contributed by atoms with Gasteiger partial charge < -0.3 is 10.1 Å². The summed E-state index contributed by atoms with van der Waals surface area (Å²) in [5.41, 5.74) is -1.03. The first kappa shape index (κ1) is 16.2. The molecule has 6 nitrogen and oxygen atoms in total. The molecule has 2 heterocycles. The van der Waals surface area contributed by atoms with E-state index < -0.39 is 21.4 Å². The van der Waals surface area contributed by atoms with Crippen LogP contribution < -0.4 is 10.1 Å². The molecule has 1 spiro atoms. The first-order chi connectivity index (χ1) is 10.9. The van der Waals surface area contributed by atoms with E-state index in [4.69, 9.17) is 4.74 Å². The number of nitrogens with zero attached hydrogens (tertiary/aromatic N) is 1. The smallest absolute Gasteiger partial charge is 0.244 e. The van der Waals surface area contributed by atoms with E-state index in [1.807, 2.05) is 0 Å². The Labute approximate surface area is 134 Å². The number of sulfonamides is 1. The third kappa shape index (κ3) is 2.49. The quantitative estimate of drug-likeness (QED) is 0.897. The SMILES string of the molecule is COc1ccc(S(=O)(=O)N2CCCC23CCCNC3=O)cc1F. The van der Waals surface area contributed by atoms with Crippen LogP contribution in [0.5, 0.6) is 5.75 Å². The monoisotopic (exact) mass is 342 g/mol. The van der Waals surface area contributed by atoms with Gasteiger partial charge in [-0.15, -0.1) is 0 Å². The van der Waals surface area contributed by atoms with Crippen LogP contribution in [-0.4, -0.2) is 44.4 Å². The molecule has 1 unspecified atom stereocenters. The van der Waals surface area contributed by atoms with Crippen LogP contribution in [0.3, 0.4) is 0 Å². The summed E-state index contributed by atoms with van der Waals surface area (Å²) in [7, 11) is -2.64. The van der Waals surface area contributed by atoms with E-state index in [-0.39, 0.29) is 23.1 Å².